The molecule has 3 aliphatic rings. The number of piperidine rings is 2. The molecule has 1 saturated carbocycles. The van der Waals surface area contributed by atoms with E-state index in [-0.39, 0.29) is 16.9 Å². The Morgan fingerprint density at radius 3 is 2.75 bits per heavy atom. The topological polar surface area (TPSA) is 62.6 Å². The van der Waals surface area contributed by atoms with E-state index in [0.717, 1.165) is 51.1 Å². The van der Waals surface area contributed by atoms with Crippen LogP contribution in [0, 0.1) is 18.3 Å². The Hall–Kier alpha value is -2.11. The summed E-state index contributed by atoms with van der Waals surface area (Å²) in [5.41, 5.74) is 0.900. The van der Waals surface area contributed by atoms with Gasteiger partial charge in [-0.2, -0.15) is 0 Å². The number of carbonyl (C=O) groups excluding carboxylic acids is 2. The van der Waals surface area contributed by atoms with Gasteiger partial charge >= 0.3 is 0 Å². The number of likely N-dealkylation sites (tertiary alicyclic amines) is 2. The van der Waals surface area contributed by atoms with Crippen LogP contribution in [-0.4, -0.2) is 52.4 Å². The van der Waals surface area contributed by atoms with Crippen molar-refractivity contribution in [1.82, 2.24) is 14.4 Å². The minimum atomic E-state index is -0.0515. The highest BCUT2D eigenvalue weighted by Gasteiger charge is 2.43. The molecule has 1 atom stereocenters. The van der Waals surface area contributed by atoms with Gasteiger partial charge in [-0.1, -0.05) is 6.07 Å². The molecule has 0 radical (unpaired) electrons. The molecular weight excluding hydrogens is 354 g/mol. The Balaban J connectivity index is 1.38. The number of amides is 2. The number of pyridine rings is 1. The van der Waals surface area contributed by atoms with E-state index < -0.39 is 0 Å². The van der Waals surface area contributed by atoms with E-state index in [0.29, 0.717) is 31.2 Å². The van der Waals surface area contributed by atoms with Crippen LogP contribution in [0.5, 0.6) is 0 Å². The molecule has 0 N–H and O–H groups in total. The maximum atomic E-state index is 12.9. The van der Waals surface area contributed by atoms with Crippen LogP contribution < -0.4 is 5.56 Å². The quantitative estimate of drug-likeness (QED) is 0.781. The van der Waals surface area contributed by atoms with Gasteiger partial charge < -0.3 is 14.4 Å². The van der Waals surface area contributed by atoms with E-state index in [1.165, 1.54) is 12.8 Å². The van der Waals surface area contributed by atoms with Gasteiger partial charge in [0.2, 0.25) is 11.8 Å². The fourth-order valence-electron chi connectivity index (χ4n) is 4.91. The zero-order valence-electron chi connectivity index (χ0n) is 16.9. The zero-order chi connectivity index (χ0) is 19.7. The molecule has 28 heavy (non-hydrogen) atoms. The van der Waals surface area contributed by atoms with Gasteiger partial charge in [0.1, 0.15) is 0 Å². The van der Waals surface area contributed by atoms with E-state index >= 15 is 0 Å². The van der Waals surface area contributed by atoms with Crippen molar-refractivity contribution in [2.45, 2.75) is 58.4 Å². The summed E-state index contributed by atoms with van der Waals surface area (Å²) < 4.78 is 1.67. The van der Waals surface area contributed by atoms with Crippen LogP contribution in [0.1, 0.15) is 50.6 Å². The molecular formula is C22H31N3O3. The molecule has 0 bridgehead atoms. The van der Waals surface area contributed by atoms with E-state index in [9.17, 15) is 14.4 Å². The van der Waals surface area contributed by atoms with Crippen LogP contribution in [0.15, 0.2) is 23.0 Å². The molecule has 2 saturated heterocycles. The lowest BCUT2D eigenvalue weighted by Crippen LogP contribution is -2.55. The standard InChI is InChI=1S/C22H31N3O3/c1-17-4-2-5-21(28)25(17)13-9-20(27)23-12-3-10-22(15-23)11-8-19(26)24(16-22)14-18-6-7-18/h2,4-5,18H,3,6-16H2,1H3/t22-/m0/s1. The molecule has 1 aromatic rings. The van der Waals surface area contributed by atoms with Gasteiger partial charge in [-0.3, -0.25) is 14.4 Å². The molecule has 2 amide bonds. The minimum absolute atomic E-state index is 0.0515. The third-order valence-corrected chi connectivity index (χ3v) is 6.76. The largest absolute Gasteiger partial charge is 0.342 e. The summed E-state index contributed by atoms with van der Waals surface area (Å²) in [4.78, 5) is 41.3. The highest BCUT2D eigenvalue weighted by Crippen LogP contribution is 2.40. The maximum absolute atomic E-state index is 12.9. The average Bonchev–Trinajstić information content (AvgIpc) is 3.49. The normalized spacial score (nSPS) is 25.4. The first-order chi connectivity index (χ1) is 13.5. The third kappa shape index (κ3) is 4.15. The summed E-state index contributed by atoms with van der Waals surface area (Å²) in [5, 5.41) is 0. The number of rotatable bonds is 5. The summed E-state index contributed by atoms with van der Waals surface area (Å²) >= 11 is 0. The van der Waals surface area contributed by atoms with Crippen LogP contribution in [0.2, 0.25) is 0 Å². The summed E-state index contributed by atoms with van der Waals surface area (Å²) in [5.74, 6) is 1.12. The minimum Gasteiger partial charge on any atom is -0.342 e. The van der Waals surface area contributed by atoms with Crippen LogP contribution in [-0.2, 0) is 16.1 Å². The second kappa shape index (κ2) is 7.72. The van der Waals surface area contributed by atoms with Crippen molar-refractivity contribution in [2.24, 2.45) is 11.3 Å². The molecule has 0 unspecified atom stereocenters. The summed E-state index contributed by atoms with van der Waals surface area (Å²) in [6.45, 7) is 5.59. The SMILES string of the molecule is Cc1cccc(=O)n1CCC(=O)N1CCC[C@]2(CCC(=O)N(CC3CC3)C2)C1. The highest BCUT2D eigenvalue weighted by atomic mass is 16.2. The molecule has 2 aliphatic heterocycles. The van der Waals surface area contributed by atoms with Gasteiger partial charge in [0, 0.05) is 62.7 Å². The predicted molar refractivity (Wildman–Crippen MR) is 107 cm³/mol. The molecule has 3 heterocycles. The average molecular weight is 386 g/mol. The highest BCUT2D eigenvalue weighted by molar-refractivity contribution is 5.78. The number of carbonyl (C=O) groups is 2. The number of nitrogens with zero attached hydrogens (tertiary/aromatic N) is 3. The lowest BCUT2D eigenvalue weighted by Gasteiger charge is -2.48. The van der Waals surface area contributed by atoms with Crippen LogP contribution >= 0.6 is 0 Å². The molecule has 1 aromatic heterocycles. The van der Waals surface area contributed by atoms with Crippen molar-refractivity contribution < 1.29 is 9.59 Å². The maximum Gasteiger partial charge on any atom is 0.250 e. The summed E-state index contributed by atoms with van der Waals surface area (Å²) in [7, 11) is 0. The van der Waals surface area contributed by atoms with Gasteiger partial charge in [0.05, 0.1) is 0 Å². The molecule has 6 heteroatoms. The second-order valence-corrected chi connectivity index (χ2v) is 9.04. The smallest absolute Gasteiger partial charge is 0.250 e. The van der Waals surface area contributed by atoms with Crippen molar-refractivity contribution in [3.63, 3.8) is 0 Å². The Morgan fingerprint density at radius 1 is 1.18 bits per heavy atom. The van der Waals surface area contributed by atoms with Crippen molar-refractivity contribution in [2.75, 3.05) is 26.2 Å². The first kappa shape index (κ1) is 19.2. The van der Waals surface area contributed by atoms with Crippen molar-refractivity contribution in [1.29, 1.82) is 0 Å². The number of aryl methyl sites for hydroxylation is 1. The van der Waals surface area contributed by atoms with Crippen molar-refractivity contribution in [3.05, 3.63) is 34.2 Å². The van der Waals surface area contributed by atoms with Gasteiger partial charge in [0.25, 0.3) is 5.56 Å². The lowest BCUT2D eigenvalue weighted by atomic mass is 9.73. The van der Waals surface area contributed by atoms with Crippen molar-refractivity contribution >= 4 is 11.8 Å². The molecule has 6 nitrogen and oxygen atoms in total. The number of aromatic nitrogens is 1. The number of hydrogen-bond donors (Lipinski definition) is 0. The fourth-order valence-corrected chi connectivity index (χ4v) is 4.91. The summed E-state index contributed by atoms with van der Waals surface area (Å²) in [6, 6.07) is 5.19. The number of hydrogen-bond acceptors (Lipinski definition) is 3. The Labute approximate surface area is 166 Å². The van der Waals surface area contributed by atoms with E-state index in [1.54, 1.807) is 16.7 Å². The van der Waals surface area contributed by atoms with Gasteiger partial charge in [-0.05, 0) is 51.0 Å². The van der Waals surface area contributed by atoms with Gasteiger partial charge in [-0.25, -0.2) is 0 Å². The molecule has 1 aliphatic carbocycles. The Morgan fingerprint density at radius 2 is 2.00 bits per heavy atom. The fraction of sp³-hybridized carbons (Fsp3) is 0.682. The van der Waals surface area contributed by atoms with Crippen LogP contribution in [0.3, 0.4) is 0 Å². The van der Waals surface area contributed by atoms with E-state index in [2.05, 4.69) is 4.90 Å². The van der Waals surface area contributed by atoms with Crippen LogP contribution in [0.25, 0.3) is 0 Å². The predicted octanol–water partition coefficient (Wildman–Crippen LogP) is 2.19. The molecule has 4 rings (SSSR count). The van der Waals surface area contributed by atoms with E-state index in [4.69, 9.17) is 0 Å². The third-order valence-electron chi connectivity index (χ3n) is 6.76. The molecule has 152 valence electrons. The molecule has 3 fully saturated rings. The lowest BCUT2D eigenvalue weighted by molar-refractivity contribution is -0.143. The first-order valence-corrected chi connectivity index (χ1v) is 10.7. The molecule has 1 spiro atoms. The Kier molecular flexibility index (Phi) is 5.30. The first-order valence-electron chi connectivity index (χ1n) is 10.7. The second-order valence-electron chi connectivity index (χ2n) is 9.04. The van der Waals surface area contributed by atoms with Gasteiger partial charge in [-0.15, -0.1) is 0 Å². The van der Waals surface area contributed by atoms with Crippen LogP contribution in [0.4, 0.5) is 0 Å². The Bertz CT molecular complexity index is 813. The monoisotopic (exact) mass is 385 g/mol. The molecule has 0 aromatic carbocycles. The van der Waals surface area contributed by atoms with E-state index in [1.807, 2.05) is 17.9 Å². The zero-order valence-corrected chi connectivity index (χ0v) is 16.9. The van der Waals surface area contributed by atoms with Gasteiger partial charge in [0.15, 0.2) is 0 Å². The summed E-state index contributed by atoms with van der Waals surface area (Å²) in [6.07, 6.45) is 6.47. The van der Waals surface area contributed by atoms with Crippen molar-refractivity contribution in [3.8, 4) is 0 Å².